The van der Waals surface area contributed by atoms with Gasteiger partial charge in [-0.3, -0.25) is 4.79 Å². The summed E-state index contributed by atoms with van der Waals surface area (Å²) < 4.78 is 13.4. The van der Waals surface area contributed by atoms with E-state index in [9.17, 15) is 9.18 Å². The largest absolute Gasteiger partial charge is 0.409 e. The molecule has 0 atom stereocenters. The lowest BCUT2D eigenvalue weighted by atomic mass is 10.1. The van der Waals surface area contributed by atoms with Gasteiger partial charge in [0.1, 0.15) is 5.82 Å². The van der Waals surface area contributed by atoms with Gasteiger partial charge in [0.2, 0.25) is 5.91 Å². The molecular weight excluding hydrogens is 263 g/mol. The number of nitrogens with two attached hydrogens (primary N) is 1. The second-order valence-corrected chi connectivity index (χ2v) is 4.21. The summed E-state index contributed by atoms with van der Waals surface area (Å²) in [4.78, 5) is 11.2. The van der Waals surface area contributed by atoms with Crippen LogP contribution in [0.25, 0.3) is 0 Å². The van der Waals surface area contributed by atoms with Crippen molar-refractivity contribution in [3.05, 3.63) is 35.1 Å². The van der Waals surface area contributed by atoms with Gasteiger partial charge in [-0.05, 0) is 30.7 Å². The predicted octanol–water partition coefficient (Wildman–Crippen LogP) is 0.536. The van der Waals surface area contributed by atoms with Crippen LogP contribution in [0.2, 0.25) is 0 Å². The fourth-order valence-corrected chi connectivity index (χ4v) is 1.68. The third-order valence-electron chi connectivity index (χ3n) is 2.59. The minimum atomic E-state index is -0.463. The third kappa shape index (κ3) is 5.23. The van der Waals surface area contributed by atoms with E-state index >= 15 is 0 Å². The molecule has 0 aromatic heterocycles. The molecule has 110 valence electrons. The van der Waals surface area contributed by atoms with Gasteiger partial charge < -0.3 is 21.6 Å². The maximum absolute atomic E-state index is 13.4. The van der Waals surface area contributed by atoms with Gasteiger partial charge in [0.05, 0.1) is 0 Å². The van der Waals surface area contributed by atoms with Crippen molar-refractivity contribution in [3.8, 4) is 0 Å². The van der Waals surface area contributed by atoms with Crippen molar-refractivity contribution in [2.75, 3.05) is 13.1 Å². The number of oxime groups is 1. The van der Waals surface area contributed by atoms with E-state index in [2.05, 4.69) is 15.8 Å². The number of rotatable bonds is 7. The Hall–Kier alpha value is -2.15. The van der Waals surface area contributed by atoms with E-state index in [0.717, 1.165) is 0 Å². The maximum atomic E-state index is 13.4. The van der Waals surface area contributed by atoms with Crippen LogP contribution in [0.4, 0.5) is 4.39 Å². The van der Waals surface area contributed by atoms with E-state index in [1.54, 1.807) is 6.07 Å². The summed E-state index contributed by atoms with van der Waals surface area (Å²) in [5.41, 5.74) is 6.39. The van der Waals surface area contributed by atoms with Crippen LogP contribution in [-0.4, -0.2) is 30.0 Å². The highest BCUT2D eigenvalue weighted by Gasteiger charge is 2.05. The molecule has 0 unspecified atom stereocenters. The fourth-order valence-electron chi connectivity index (χ4n) is 1.68. The molecule has 5 N–H and O–H groups in total. The first-order chi connectivity index (χ1) is 9.56. The van der Waals surface area contributed by atoms with Crippen LogP contribution < -0.4 is 16.4 Å². The van der Waals surface area contributed by atoms with E-state index in [1.807, 2.05) is 6.92 Å². The van der Waals surface area contributed by atoms with Crippen LogP contribution >= 0.6 is 0 Å². The second-order valence-electron chi connectivity index (χ2n) is 4.21. The lowest BCUT2D eigenvalue weighted by molar-refractivity contribution is -0.120. The molecule has 0 saturated carbocycles. The first-order valence-corrected chi connectivity index (χ1v) is 6.31. The Morgan fingerprint density at radius 3 is 2.85 bits per heavy atom. The summed E-state index contributed by atoms with van der Waals surface area (Å²) in [6.07, 6.45) is 0.357. The molecule has 1 aromatic rings. The number of hydrogen-bond acceptors (Lipinski definition) is 4. The highest BCUT2D eigenvalue weighted by atomic mass is 19.1. The Morgan fingerprint density at radius 2 is 2.20 bits per heavy atom. The molecule has 6 nitrogen and oxygen atoms in total. The summed E-state index contributed by atoms with van der Waals surface area (Å²) in [7, 11) is 0. The highest BCUT2D eigenvalue weighted by molar-refractivity contribution is 5.97. The van der Waals surface area contributed by atoms with Gasteiger partial charge in [0, 0.05) is 31.6 Å². The standard InChI is InChI=1S/C13H19FN4O2/c1-2-17-12(19)3-4-16-8-9-5-10(13(15)18-20)7-11(14)6-9/h5-7,16,20H,2-4,8H2,1H3,(H2,15,18)(H,17,19). The Labute approximate surface area is 116 Å². The van der Waals surface area contributed by atoms with Gasteiger partial charge in [-0.2, -0.15) is 0 Å². The molecule has 1 amide bonds. The lowest BCUT2D eigenvalue weighted by Crippen LogP contribution is -2.27. The summed E-state index contributed by atoms with van der Waals surface area (Å²) >= 11 is 0. The zero-order chi connectivity index (χ0) is 15.0. The van der Waals surface area contributed by atoms with Gasteiger partial charge in [-0.25, -0.2) is 4.39 Å². The molecule has 0 saturated heterocycles. The van der Waals surface area contributed by atoms with Crippen molar-refractivity contribution in [3.63, 3.8) is 0 Å². The van der Waals surface area contributed by atoms with Crippen LogP contribution in [0.3, 0.4) is 0 Å². The minimum Gasteiger partial charge on any atom is -0.409 e. The Balaban J connectivity index is 2.52. The van der Waals surface area contributed by atoms with Crippen LogP contribution in [0.1, 0.15) is 24.5 Å². The van der Waals surface area contributed by atoms with E-state index < -0.39 is 5.82 Å². The van der Waals surface area contributed by atoms with Crippen molar-refractivity contribution in [1.82, 2.24) is 10.6 Å². The van der Waals surface area contributed by atoms with Crippen molar-refractivity contribution in [1.29, 1.82) is 0 Å². The van der Waals surface area contributed by atoms with Crippen molar-refractivity contribution in [2.24, 2.45) is 10.9 Å². The molecular formula is C13H19FN4O2. The normalized spacial score (nSPS) is 11.4. The predicted molar refractivity (Wildman–Crippen MR) is 73.9 cm³/mol. The van der Waals surface area contributed by atoms with E-state index in [4.69, 9.17) is 10.9 Å². The number of halogens is 1. The first-order valence-electron chi connectivity index (χ1n) is 6.31. The fraction of sp³-hybridized carbons (Fsp3) is 0.385. The molecule has 1 rings (SSSR count). The number of hydrogen-bond donors (Lipinski definition) is 4. The van der Waals surface area contributed by atoms with E-state index in [0.29, 0.717) is 37.2 Å². The molecule has 20 heavy (non-hydrogen) atoms. The summed E-state index contributed by atoms with van der Waals surface area (Å²) in [6.45, 7) is 3.34. The van der Waals surface area contributed by atoms with Crippen LogP contribution in [0.15, 0.2) is 23.4 Å². The first kappa shape index (κ1) is 15.9. The van der Waals surface area contributed by atoms with Crippen LogP contribution in [0, 0.1) is 5.82 Å². The van der Waals surface area contributed by atoms with Gasteiger partial charge in [-0.1, -0.05) is 5.16 Å². The van der Waals surface area contributed by atoms with Gasteiger partial charge in [0.15, 0.2) is 5.84 Å². The number of amides is 1. The lowest BCUT2D eigenvalue weighted by Gasteiger charge is -2.07. The zero-order valence-corrected chi connectivity index (χ0v) is 11.3. The summed E-state index contributed by atoms with van der Waals surface area (Å²) in [5.74, 6) is -0.640. The van der Waals surface area contributed by atoms with Crippen molar-refractivity contribution in [2.45, 2.75) is 19.9 Å². The average molecular weight is 282 g/mol. The van der Waals surface area contributed by atoms with Crippen molar-refractivity contribution >= 4 is 11.7 Å². The Morgan fingerprint density at radius 1 is 1.45 bits per heavy atom. The number of nitrogens with one attached hydrogen (secondary N) is 2. The second kappa shape index (κ2) is 8.11. The topological polar surface area (TPSA) is 99.7 Å². The number of carbonyl (C=O) groups is 1. The smallest absolute Gasteiger partial charge is 0.221 e. The molecule has 0 aliphatic carbocycles. The molecule has 0 heterocycles. The minimum absolute atomic E-state index is 0.0309. The Bertz CT molecular complexity index is 491. The number of benzene rings is 1. The number of nitrogens with zero attached hydrogens (tertiary/aromatic N) is 1. The maximum Gasteiger partial charge on any atom is 0.221 e. The van der Waals surface area contributed by atoms with Gasteiger partial charge in [-0.15, -0.1) is 0 Å². The molecule has 1 aromatic carbocycles. The molecule has 7 heteroatoms. The Kier molecular flexibility index (Phi) is 6.45. The molecule has 0 spiro atoms. The van der Waals surface area contributed by atoms with E-state index in [-0.39, 0.29) is 11.7 Å². The summed E-state index contributed by atoms with van der Waals surface area (Å²) in [5, 5.41) is 17.1. The van der Waals surface area contributed by atoms with Gasteiger partial charge >= 0.3 is 0 Å². The highest BCUT2D eigenvalue weighted by Crippen LogP contribution is 2.09. The molecule has 0 radical (unpaired) electrons. The van der Waals surface area contributed by atoms with Crippen LogP contribution in [0.5, 0.6) is 0 Å². The zero-order valence-electron chi connectivity index (χ0n) is 11.3. The van der Waals surface area contributed by atoms with E-state index in [1.165, 1.54) is 12.1 Å². The van der Waals surface area contributed by atoms with Crippen LogP contribution in [-0.2, 0) is 11.3 Å². The monoisotopic (exact) mass is 282 g/mol. The number of carbonyl (C=O) groups excluding carboxylic acids is 1. The average Bonchev–Trinajstić information content (AvgIpc) is 2.42. The quantitative estimate of drug-likeness (QED) is 0.193. The van der Waals surface area contributed by atoms with Crippen molar-refractivity contribution < 1.29 is 14.4 Å². The third-order valence-corrected chi connectivity index (χ3v) is 2.59. The number of amidine groups is 1. The molecule has 0 aliphatic heterocycles. The van der Waals surface area contributed by atoms with Gasteiger partial charge in [0.25, 0.3) is 0 Å². The molecule has 0 fully saturated rings. The molecule has 0 aliphatic rings. The molecule has 0 bridgehead atoms. The summed E-state index contributed by atoms with van der Waals surface area (Å²) in [6, 6.07) is 4.16. The SMILES string of the molecule is CCNC(=O)CCNCc1cc(F)cc(/C(N)=N/O)c1.